The molecule has 0 spiro atoms. The van der Waals surface area contributed by atoms with E-state index in [0.717, 1.165) is 17.4 Å². The van der Waals surface area contributed by atoms with Crippen molar-refractivity contribution >= 4 is 9.84 Å². The topological polar surface area (TPSA) is 43.4 Å². The molecule has 0 N–H and O–H groups in total. The Morgan fingerprint density at radius 1 is 1.59 bits per heavy atom. The summed E-state index contributed by atoms with van der Waals surface area (Å²) in [5, 5.41) is 1.16. The van der Waals surface area contributed by atoms with Gasteiger partial charge in [0.2, 0.25) is 0 Å². The van der Waals surface area contributed by atoms with Gasteiger partial charge in [-0.2, -0.15) is 0 Å². The third-order valence-electron chi connectivity index (χ3n) is 3.25. The molecule has 4 heteroatoms. The summed E-state index contributed by atoms with van der Waals surface area (Å²) >= 11 is 0. The largest absolute Gasteiger partial charge is 0.377 e. The monoisotopic (exact) mass is 256 g/mol. The van der Waals surface area contributed by atoms with E-state index in [1.54, 1.807) is 6.08 Å². The zero-order valence-corrected chi connectivity index (χ0v) is 11.5. The summed E-state index contributed by atoms with van der Waals surface area (Å²) < 4.78 is 27.5. The average Bonchev–Trinajstić information content (AvgIpc) is 2.19. The third kappa shape index (κ3) is 3.84. The van der Waals surface area contributed by atoms with Crippen molar-refractivity contribution < 1.29 is 13.2 Å². The molecule has 0 aromatic carbocycles. The molecule has 3 nitrogen and oxygen atoms in total. The summed E-state index contributed by atoms with van der Waals surface area (Å²) in [6.07, 6.45) is 3.76. The molecule has 1 unspecified atom stereocenters. The molecule has 1 aliphatic rings. The van der Waals surface area contributed by atoms with Gasteiger partial charge in [-0.1, -0.05) is 19.9 Å². The molecule has 1 fully saturated rings. The third-order valence-corrected chi connectivity index (χ3v) is 3.80. The average molecular weight is 256 g/mol. The Balaban J connectivity index is 2.67. The molecule has 17 heavy (non-hydrogen) atoms. The van der Waals surface area contributed by atoms with Crippen LogP contribution in [0.1, 0.15) is 20.3 Å². The minimum atomic E-state index is -3.09. The second kappa shape index (κ2) is 5.21. The molecule has 1 saturated carbocycles. The minimum absolute atomic E-state index is 0.0254. The van der Waals surface area contributed by atoms with Gasteiger partial charge in [0.05, 0.1) is 18.6 Å². The molecule has 0 aromatic heterocycles. The highest BCUT2D eigenvalue weighted by molar-refractivity contribution is 7.93. The Labute approximate surface area is 104 Å². The predicted molar refractivity (Wildman–Crippen MR) is 69.3 cm³/mol. The molecule has 1 rings (SSSR count). The molecule has 0 aromatic rings. The number of hydrogen-bond donors (Lipinski definition) is 0. The summed E-state index contributed by atoms with van der Waals surface area (Å²) in [5.74, 6) is 0.429. The maximum Gasteiger partial charge on any atom is 0.175 e. The van der Waals surface area contributed by atoms with Gasteiger partial charge in [0.15, 0.2) is 9.84 Å². The summed E-state index contributed by atoms with van der Waals surface area (Å²) in [6, 6.07) is 0. The molecule has 1 aliphatic carbocycles. The van der Waals surface area contributed by atoms with E-state index in [1.807, 2.05) is 0 Å². The van der Waals surface area contributed by atoms with Crippen molar-refractivity contribution in [2.45, 2.75) is 20.3 Å². The Bertz CT molecular complexity index is 451. The van der Waals surface area contributed by atoms with E-state index in [1.165, 1.54) is 6.26 Å². The van der Waals surface area contributed by atoms with Gasteiger partial charge in [0, 0.05) is 6.26 Å². The summed E-state index contributed by atoms with van der Waals surface area (Å²) in [5.41, 5.74) is 3.92. The standard InChI is InChI=1S/C13H20O3S/c1-5-7-16-10-12-9-11(13(12,2)3)6-8-17(4,14)15/h5,8,12H,1,7,9-10H2,2-4H3. The van der Waals surface area contributed by atoms with E-state index in [0.29, 0.717) is 19.1 Å². The van der Waals surface area contributed by atoms with Gasteiger partial charge in [-0.15, -0.1) is 12.3 Å². The number of sulfone groups is 1. The quantitative estimate of drug-likeness (QED) is 0.431. The first kappa shape index (κ1) is 14.2. The highest BCUT2D eigenvalue weighted by atomic mass is 32.2. The van der Waals surface area contributed by atoms with E-state index in [-0.39, 0.29) is 5.41 Å². The van der Waals surface area contributed by atoms with Crippen molar-refractivity contribution in [3.05, 3.63) is 29.4 Å². The Morgan fingerprint density at radius 3 is 2.71 bits per heavy atom. The van der Waals surface area contributed by atoms with Crippen LogP contribution in [0.25, 0.3) is 0 Å². The van der Waals surface area contributed by atoms with Crippen molar-refractivity contribution in [3.8, 4) is 0 Å². The van der Waals surface area contributed by atoms with Crippen molar-refractivity contribution in [2.24, 2.45) is 11.3 Å². The molecule has 0 saturated heterocycles. The normalized spacial score (nSPS) is 22.5. The fourth-order valence-electron chi connectivity index (χ4n) is 1.86. The Morgan fingerprint density at radius 2 is 2.24 bits per heavy atom. The number of rotatable bonds is 5. The number of allylic oxidation sites excluding steroid dienone is 1. The molecule has 0 bridgehead atoms. The molecular formula is C13H20O3S. The zero-order valence-electron chi connectivity index (χ0n) is 10.7. The van der Waals surface area contributed by atoms with Crippen LogP contribution < -0.4 is 0 Å². The number of ether oxygens (including phenoxy) is 1. The molecule has 0 aliphatic heterocycles. The van der Waals surface area contributed by atoms with Crippen LogP contribution in [0.2, 0.25) is 0 Å². The highest BCUT2D eigenvalue weighted by Gasteiger charge is 2.43. The maximum absolute atomic E-state index is 11.0. The van der Waals surface area contributed by atoms with E-state index in [9.17, 15) is 8.42 Å². The van der Waals surface area contributed by atoms with Gasteiger partial charge in [-0.25, -0.2) is 8.42 Å². The molecule has 1 atom stereocenters. The summed E-state index contributed by atoms with van der Waals surface area (Å²) in [4.78, 5) is 0. The second-order valence-electron chi connectivity index (χ2n) is 5.02. The van der Waals surface area contributed by atoms with Crippen molar-refractivity contribution in [1.82, 2.24) is 0 Å². The lowest BCUT2D eigenvalue weighted by Crippen LogP contribution is -2.40. The van der Waals surface area contributed by atoms with Gasteiger partial charge < -0.3 is 4.74 Å². The van der Waals surface area contributed by atoms with Crippen LogP contribution in [0, 0.1) is 11.3 Å². The smallest absolute Gasteiger partial charge is 0.175 e. The van der Waals surface area contributed by atoms with Crippen LogP contribution in [0.5, 0.6) is 0 Å². The van der Waals surface area contributed by atoms with Crippen molar-refractivity contribution in [1.29, 1.82) is 0 Å². The van der Waals surface area contributed by atoms with Crippen LogP contribution in [0.15, 0.2) is 29.4 Å². The van der Waals surface area contributed by atoms with E-state index >= 15 is 0 Å². The van der Waals surface area contributed by atoms with Crippen LogP contribution in [-0.2, 0) is 14.6 Å². The highest BCUT2D eigenvalue weighted by Crippen LogP contribution is 2.50. The first-order chi connectivity index (χ1) is 7.77. The fourth-order valence-corrected chi connectivity index (χ4v) is 2.22. The van der Waals surface area contributed by atoms with E-state index in [4.69, 9.17) is 4.74 Å². The zero-order chi connectivity index (χ0) is 13.1. The molecule has 0 heterocycles. The van der Waals surface area contributed by atoms with Gasteiger partial charge in [0.1, 0.15) is 0 Å². The lowest BCUT2D eigenvalue weighted by atomic mass is 9.59. The SMILES string of the molecule is C=CCOCC1CC(=C=CS(C)(=O)=O)C1(C)C. The van der Waals surface area contributed by atoms with E-state index in [2.05, 4.69) is 26.2 Å². The first-order valence-corrected chi connectivity index (χ1v) is 7.57. The van der Waals surface area contributed by atoms with Crippen molar-refractivity contribution in [3.63, 3.8) is 0 Å². The summed E-state index contributed by atoms with van der Waals surface area (Å²) in [7, 11) is -3.09. The minimum Gasteiger partial charge on any atom is -0.377 e. The second-order valence-corrected chi connectivity index (χ2v) is 6.91. The van der Waals surface area contributed by atoms with E-state index < -0.39 is 9.84 Å². The molecule has 0 radical (unpaired) electrons. The first-order valence-electron chi connectivity index (χ1n) is 5.62. The van der Waals surface area contributed by atoms with Gasteiger partial charge in [-0.05, 0) is 23.3 Å². The molecule has 96 valence electrons. The molecular weight excluding hydrogens is 236 g/mol. The van der Waals surface area contributed by atoms with Crippen LogP contribution in [0.3, 0.4) is 0 Å². The predicted octanol–water partition coefficient (Wildman–Crippen LogP) is 2.32. The van der Waals surface area contributed by atoms with Crippen LogP contribution in [-0.4, -0.2) is 27.9 Å². The lowest BCUT2D eigenvalue weighted by Gasteiger charge is -2.46. The Kier molecular flexibility index (Phi) is 4.36. The van der Waals surface area contributed by atoms with Crippen molar-refractivity contribution in [2.75, 3.05) is 19.5 Å². The Hall–Kier alpha value is -0.830. The fraction of sp³-hybridized carbons (Fsp3) is 0.615. The van der Waals surface area contributed by atoms with Gasteiger partial charge in [0.25, 0.3) is 0 Å². The summed E-state index contributed by atoms with van der Waals surface area (Å²) in [6.45, 7) is 9.03. The van der Waals surface area contributed by atoms with Gasteiger partial charge in [-0.3, -0.25) is 0 Å². The molecule has 0 amide bonds. The maximum atomic E-state index is 11.0. The van der Waals surface area contributed by atoms with Crippen LogP contribution in [0.4, 0.5) is 0 Å². The van der Waals surface area contributed by atoms with Gasteiger partial charge >= 0.3 is 0 Å². The van der Waals surface area contributed by atoms with Crippen LogP contribution >= 0.6 is 0 Å². The number of hydrogen-bond acceptors (Lipinski definition) is 3. The lowest BCUT2D eigenvalue weighted by molar-refractivity contribution is 0.0403.